The van der Waals surface area contributed by atoms with Gasteiger partial charge in [0.2, 0.25) is 8.32 Å². The highest BCUT2D eigenvalue weighted by atomic mass is 79.9. The van der Waals surface area contributed by atoms with Gasteiger partial charge in [-0.25, -0.2) is 0 Å². The lowest BCUT2D eigenvalue weighted by Crippen LogP contribution is -2.43. The van der Waals surface area contributed by atoms with Crippen molar-refractivity contribution >= 4 is 61.9 Å². The maximum atomic E-state index is 10.7. The van der Waals surface area contributed by atoms with Crippen LogP contribution in [0.5, 0.6) is 17.2 Å². The number of benzene rings is 8. The molecule has 8 rings (SSSR count). The predicted octanol–water partition coefficient (Wildman–Crippen LogP) is 13.2. The summed E-state index contributed by atoms with van der Waals surface area (Å²) in [6, 6.07) is 58.9. The van der Waals surface area contributed by atoms with Crippen molar-refractivity contribution in [3.63, 3.8) is 0 Å². The Labute approximate surface area is 432 Å². The van der Waals surface area contributed by atoms with E-state index < -0.39 is 15.4 Å². The Hall–Kier alpha value is -7.68. The summed E-state index contributed by atoms with van der Waals surface area (Å²) in [4.78, 5) is 31.3. The van der Waals surface area contributed by atoms with Crippen LogP contribution in [0.4, 0.5) is 0 Å². The number of carbonyl (C=O) groups is 3. The van der Waals surface area contributed by atoms with E-state index in [-0.39, 0.29) is 16.5 Å². The molecule has 0 heterocycles. The maximum Gasteiger partial charge on any atom is 0.488 e. The molecule has 0 saturated carbocycles. The van der Waals surface area contributed by atoms with Crippen molar-refractivity contribution in [2.75, 3.05) is 0 Å². The van der Waals surface area contributed by atoms with Crippen LogP contribution in [-0.2, 0) is 0 Å². The van der Waals surface area contributed by atoms with Crippen molar-refractivity contribution in [2.24, 2.45) is 5.16 Å². The summed E-state index contributed by atoms with van der Waals surface area (Å²) >= 11 is 3.26. The number of hydrogen-bond donors (Lipinski definition) is 5. The van der Waals surface area contributed by atoms with Crippen LogP contribution >= 0.6 is 15.9 Å². The summed E-state index contributed by atoms with van der Waals surface area (Å²) in [6.07, 6.45) is 3.88. The van der Waals surface area contributed by atoms with Crippen molar-refractivity contribution in [1.82, 2.24) is 0 Å². The van der Waals surface area contributed by atoms with E-state index in [2.05, 4.69) is 67.1 Å². The van der Waals surface area contributed by atoms with Crippen LogP contribution in [0, 0.1) is 6.92 Å². The van der Waals surface area contributed by atoms with Gasteiger partial charge < -0.3 is 29.9 Å². The molecule has 0 saturated heterocycles. The monoisotopic (exact) mass is 1040 g/mol. The van der Waals surface area contributed by atoms with Gasteiger partial charge in [-0.3, -0.25) is 14.4 Å². The largest absolute Gasteiger partial charge is 0.544 e. The van der Waals surface area contributed by atoms with Crippen LogP contribution in [-0.4, -0.2) is 66.0 Å². The van der Waals surface area contributed by atoms with Crippen molar-refractivity contribution in [1.29, 1.82) is 0 Å². The van der Waals surface area contributed by atoms with E-state index in [0.29, 0.717) is 22.2 Å². The van der Waals surface area contributed by atoms with E-state index in [9.17, 15) is 19.5 Å². The van der Waals surface area contributed by atoms with Crippen LogP contribution in [0.25, 0.3) is 33.4 Å². The maximum absolute atomic E-state index is 10.7. The molecule has 0 bridgehead atoms. The zero-order valence-electron chi connectivity index (χ0n) is 41.1. The van der Waals surface area contributed by atoms with Crippen molar-refractivity contribution in [3.05, 3.63) is 226 Å². The summed E-state index contributed by atoms with van der Waals surface area (Å²) in [5.41, 5.74) is 10.9. The van der Waals surface area contributed by atoms with Gasteiger partial charge in [-0.05, 0) is 118 Å². The Bertz CT molecular complexity index is 2910. The zero-order valence-corrected chi connectivity index (χ0v) is 43.6. The molecular weight excluding hydrogens is 985 g/mol. The minimum absolute atomic E-state index is 0.191. The second kappa shape index (κ2) is 28.2. The lowest BCUT2D eigenvalue weighted by Gasteiger charge is -2.36. The van der Waals surface area contributed by atoms with Crippen LogP contribution < -0.4 is 9.89 Å². The second-order valence-corrected chi connectivity index (χ2v) is 23.4. The molecule has 0 radical (unpaired) electrons. The van der Waals surface area contributed by atoms with E-state index in [1.54, 1.807) is 60.7 Å². The number of rotatable bonds is 10. The van der Waals surface area contributed by atoms with Crippen LogP contribution in [0.3, 0.4) is 0 Å². The van der Waals surface area contributed by atoms with Crippen molar-refractivity contribution in [3.8, 4) is 50.6 Å². The van der Waals surface area contributed by atoms with Crippen LogP contribution in [0.1, 0.15) is 63.0 Å². The third-order valence-electron chi connectivity index (χ3n) is 11.4. The molecule has 0 spiro atoms. The fraction of sp³-hybridized carbons (Fsp3) is 0.119. The van der Waals surface area contributed by atoms with E-state index in [1.807, 2.05) is 128 Å². The molecule has 0 fully saturated rings. The Morgan fingerprint density at radius 2 is 0.792 bits per heavy atom. The molecule has 368 valence electrons. The Morgan fingerprint density at radius 3 is 1.10 bits per heavy atom. The topological polar surface area (TPSA) is 174 Å². The SMILES string of the molecule is CC(C)(C)[Si](C)(C)Oc1ccc(-c2ccc(C=O)cc2)cc1.Cc1ccc(B(O)O)cc1.O/N=C/c1ccc(-c2ccc(O)cc2)cc1.O=Cc1ccc(-c2ccc(O)cc2)cc1.O=Cc1ccc(Br)cc1. The van der Waals surface area contributed by atoms with Gasteiger partial charge in [0.1, 0.15) is 36.1 Å². The minimum Gasteiger partial charge on any atom is -0.544 e. The average molecular weight is 1040 g/mol. The third-order valence-corrected chi connectivity index (χ3v) is 16.2. The molecule has 0 atom stereocenters. The molecule has 0 amide bonds. The summed E-state index contributed by atoms with van der Waals surface area (Å²) in [5, 5.41) is 47.2. The summed E-state index contributed by atoms with van der Waals surface area (Å²) in [7, 11) is -3.14. The first-order valence-corrected chi connectivity index (χ1v) is 26.4. The molecule has 8 aromatic carbocycles. The molecule has 0 unspecified atom stereocenters. The third kappa shape index (κ3) is 18.9. The first kappa shape index (κ1) is 56.9. The normalized spacial score (nSPS) is 10.6. The van der Waals surface area contributed by atoms with Crippen LogP contribution in [0.2, 0.25) is 18.1 Å². The van der Waals surface area contributed by atoms with Gasteiger partial charge in [0.05, 0.1) is 6.21 Å². The molecular formula is C59H59BBrNO9Si. The quantitative estimate of drug-likeness (QED) is 0.0294. The summed E-state index contributed by atoms with van der Waals surface area (Å²) in [6.45, 7) is 13.2. The number of nitrogens with zero attached hydrogens (tertiary/aromatic N) is 1. The smallest absolute Gasteiger partial charge is 0.488 e. The number of phenols is 2. The van der Waals surface area contributed by atoms with E-state index >= 15 is 0 Å². The van der Waals surface area contributed by atoms with Gasteiger partial charge in [0.25, 0.3) is 0 Å². The molecule has 13 heteroatoms. The number of carbonyl (C=O) groups excluding carboxylic acids is 3. The fourth-order valence-corrected chi connectivity index (χ4v) is 7.38. The van der Waals surface area contributed by atoms with Gasteiger partial charge in [0, 0.05) is 21.2 Å². The number of hydrogen-bond acceptors (Lipinski definition) is 10. The zero-order chi connectivity index (χ0) is 52.7. The molecule has 5 N–H and O–H groups in total. The Morgan fingerprint density at radius 1 is 0.486 bits per heavy atom. The number of halogens is 1. The van der Waals surface area contributed by atoms with E-state index in [0.717, 1.165) is 73.6 Å². The molecule has 0 aliphatic heterocycles. The van der Waals surface area contributed by atoms with Gasteiger partial charge in [0.15, 0.2) is 0 Å². The summed E-state index contributed by atoms with van der Waals surface area (Å²) in [5.74, 6) is 1.44. The van der Waals surface area contributed by atoms with Crippen LogP contribution in [0.15, 0.2) is 204 Å². The molecule has 8 aromatic rings. The average Bonchev–Trinajstić information content (AvgIpc) is 3.38. The number of oxime groups is 1. The second-order valence-electron chi connectivity index (χ2n) is 17.8. The molecule has 0 aliphatic carbocycles. The van der Waals surface area contributed by atoms with Gasteiger partial charge >= 0.3 is 7.12 Å². The molecule has 10 nitrogen and oxygen atoms in total. The first-order valence-electron chi connectivity index (χ1n) is 22.7. The molecule has 0 aromatic heterocycles. The Balaban J connectivity index is 0.000000202. The van der Waals surface area contributed by atoms with E-state index in [1.165, 1.54) is 6.21 Å². The van der Waals surface area contributed by atoms with E-state index in [4.69, 9.17) is 24.8 Å². The predicted molar refractivity (Wildman–Crippen MR) is 297 cm³/mol. The van der Waals surface area contributed by atoms with Crippen molar-refractivity contribution < 1.29 is 44.3 Å². The lowest BCUT2D eigenvalue weighted by atomic mass is 9.80. The molecule has 0 aliphatic rings. The number of aromatic hydroxyl groups is 2. The van der Waals surface area contributed by atoms with Gasteiger partial charge in [-0.1, -0.05) is 193 Å². The minimum atomic E-state index is -1.79. The van der Waals surface area contributed by atoms with Gasteiger partial charge in [-0.15, -0.1) is 0 Å². The fourth-order valence-electron chi connectivity index (χ4n) is 6.09. The highest BCUT2D eigenvalue weighted by molar-refractivity contribution is 9.10. The number of aryl methyl sites for hydroxylation is 1. The van der Waals surface area contributed by atoms with Crippen molar-refractivity contribution in [2.45, 2.75) is 45.8 Å². The highest BCUT2D eigenvalue weighted by Crippen LogP contribution is 2.37. The van der Waals surface area contributed by atoms with Gasteiger partial charge in [-0.2, -0.15) is 0 Å². The first-order chi connectivity index (χ1) is 34.3. The number of phenolic OH excluding ortho intramolecular Hbond substituents is 2. The highest BCUT2D eigenvalue weighted by Gasteiger charge is 2.38. The Kier molecular flexibility index (Phi) is 22.3. The standard InChI is InChI=1S/C19H24O2Si.C13H11NO2.C13H10O2.C7H9BO2.C7H5BrO/c1-19(2,3)22(4,5)21-18-12-10-17(11-13-18)16-8-6-15(14-20)7-9-16;15-13-7-5-12(6-8-13)11-3-1-10(2-4-11)9-14-16;14-9-10-1-3-11(4-2-10)12-5-7-13(15)8-6-12;1-6-2-4-7(5-3-6)8(9)10;8-7-3-1-6(5-9)2-4-7/h6-14H,1-5H3;1-9,15-16H;1-9,15H;2-5,9-10H,1H3;1-5H/b;14-9+;;;. The number of aldehydes is 3. The molecule has 72 heavy (non-hydrogen) atoms. The lowest BCUT2D eigenvalue weighted by molar-refractivity contribution is 0.111. The summed E-state index contributed by atoms with van der Waals surface area (Å²) < 4.78 is 7.28.